The fourth-order valence-electron chi connectivity index (χ4n) is 4.30. The van der Waals surface area contributed by atoms with E-state index >= 15 is 0 Å². The second-order valence-electron chi connectivity index (χ2n) is 9.10. The Balaban J connectivity index is 1.33. The summed E-state index contributed by atoms with van der Waals surface area (Å²) in [6, 6.07) is 3.61. The van der Waals surface area contributed by atoms with E-state index in [-0.39, 0.29) is 22.6 Å². The first-order valence-corrected chi connectivity index (χ1v) is 13.8. The van der Waals surface area contributed by atoms with Crippen LogP contribution in [0.5, 0.6) is 5.75 Å². The third-order valence-electron chi connectivity index (χ3n) is 6.02. The van der Waals surface area contributed by atoms with E-state index in [1.807, 2.05) is 4.90 Å². The number of anilines is 1. The molecule has 2 aromatic rings. The highest BCUT2D eigenvalue weighted by molar-refractivity contribution is 7.90. The van der Waals surface area contributed by atoms with E-state index in [4.69, 9.17) is 4.74 Å². The lowest BCUT2D eigenvalue weighted by Gasteiger charge is -2.36. The van der Waals surface area contributed by atoms with Crippen molar-refractivity contribution in [2.75, 3.05) is 30.8 Å². The van der Waals surface area contributed by atoms with Crippen LogP contribution < -0.4 is 9.64 Å². The molecule has 2 saturated heterocycles. The minimum atomic E-state index is -3.51. The number of halogens is 1. The molecule has 1 amide bonds. The Kier molecular flexibility index (Phi) is 6.90. The minimum Gasteiger partial charge on any atom is -0.477 e. The standard InChI is InChI=1S/C22H29FN4O4S2/c1-14(2)12-20-24-22(32-25-20)26-9-6-15(7-10-26)27-11-8-19(21(27)28)31-18-5-4-16(13-17(18)23)33(3,29)30/h4-5,13-15,19H,6-12H2,1-3H3/t19-/m0/s1. The number of carbonyl (C=O) groups excluding carboxylic acids is 1. The maximum atomic E-state index is 14.4. The fourth-order valence-corrected chi connectivity index (χ4v) is 5.68. The van der Waals surface area contributed by atoms with Crippen molar-refractivity contribution in [1.29, 1.82) is 0 Å². The number of benzene rings is 1. The van der Waals surface area contributed by atoms with Crippen LogP contribution in [0.4, 0.5) is 9.52 Å². The smallest absolute Gasteiger partial charge is 0.263 e. The van der Waals surface area contributed by atoms with Crippen molar-refractivity contribution in [2.45, 2.75) is 56.6 Å². The highest BCUT2D eigenvalue weighted by Crippen LogP contribution is 2.29. The van der Waals surface area contributed by atoms with Gasteiger partial charge < -0.3 is 14.5 Å². The molecule has 0 N–H and O–H groups in total. The van der Waals surface area contributed by atoms with Gasteiger partial charge in [-0.1, -0.05) is 13.8 Å². The van der Waals surface area contributed by atoms with E-state index in [0.29, 0.717) is 18.9 Å². The number of piperidine rings is 1. The Bertz CT molecular complexity index is 1110. The van der Waals surface area contributed by atoms with Crippen LogP contribution >= 0.6 is 11.5 Å². The summed E-state index contributed by atoms with van der Waals surface area (Å²) in [4.78, 5) is 21.6. The first-order chi connectivity index (χ1) is 15.6. The SMILES string of the molecule is CC(C)Cc1nsc(N2CCC(N3CC[C@H](Oc4ccc(S(C)(=O)=O)cc4F)C3=O)CC2)n1. The molecule has 2 aliphatic heterocycles. The number of nitrogens with zero attached hydrogens (tertiary/aromatic N) is 4. The van der Waals surface area contributed by atoms with Crippen molar-refractivity contribution in [3.05, 3.63) is 29.8 Å². The maximum Gasteiger partial charge on any atom is 0.263 e. The summed E-state index contributed by atoms with van der Waals surface area (Å²) in [7, 11) is -3.51. The highest BCUT2D eigenvalue weighted by Gasteiger charge is 2.39. The van der Waals surface area contributed by atoms with Crippen LogP contribution in [0.3, 0.4) is 0 Å². The molecular formula is C22H29FN4O4S2. The number of sulfone groups is 1. The van der Waals surface area contributed by atoms with E-state index in [1.54, 1.807) is 0 Å². The molecule has 8 nitrogen and oxygen atoms in total. The molecule has 0 aliphatic carbocycles. The topological polar surface area (TPSA) is 92.7 Å². The average Bonchev–Trinajstić information content (AvgIpc) is 3.35. The van der Waals surface area contributed by atoms with Crippen LogP contribution in [0.25, 0.3) is 0 Å². The molecular weight excluding hydrogens is 467 g/mol. The molecule has 2 aliphatic rings. The molecule has 3 heterocycles. The Morgan fingerprint density at radius 1 is 1.21 bits per heavy atom. The number of likely N-dealkylation sites (tertiary alicyclic amines) is 1. The summed E-state index contributed by atoms with van der Waals surface area (Å²) in [6.07, 6.45) is 3.25. The monoisotopic (exact) mass is 496 g/mol. The molecule has 0 unspecified atom stereocenters. The van der Waals surface area contributed by atoms with Crippen LogP contribution in [-0.4, -0.2) is 66.6 Å². The van der Waals surface area contributed by atoms with E-state index in [2.05, 4.69) is 28.1 Å². The van der Waals surface area contributed by atoms with Crippen molar-refractivity contribution in [2.24, 2.45) is 5.92 Å². The van der Waals surface area contributed by atoms with Crippen molar-refractivity contribution in [3.63, 3.8) is 0 Å². The molecule has 4 rings (SSSR count). The van der Waals surface area contributed by atoms with Gasteiger partial charge in [0, 0.05) is 56.3 Å². The summed E-state index contributed by atoms with van der Waals surface area (Å²) in [5.74, 6) is 0.367. The largest absolute Gasteiger partial charge is 0.477 e. The van der Waals surface area contributed by atoms with Crippen molar-refractivity contribution < 1.29 is 22.3 Å². The first kappa shape index (κ1) is 23.9. The summed E-state index contributed by atoms with van der Waals surface area (Å²) < 4.78 is 47.6. The van der Waals surface area contributed by atoms with E-state index in [1.165, 1.54) is 23.7 Å². The van der Waals surface area contributed by atoms with Crippen LogP contribution in [-0.2, 0) is 21.1 Å². The second-order valence-corrected chi connectivity index (χ2v) is 11.8. The second kappa shape index (κ2) is 9.54. The number of rotatable bonds is 7. The molecule has 1 aromatic heterocycles. The summed E-state index contributed by atoms with van der Waals surface area (Å²) in [5.41, 5.74) is 0. The van der Waals surface area contributed by atoms with E-state index in [9.17, 15) is 17.6 Å². The lowest BCUT2D eigenvalue weighted by atomic mass is 10.0. The van der Waals surface area contributed by atoms with Crippen molar-refractivity contribution in [3.8, 4) is 5.75 Å². The maximum absolute atomic E-state index is 14.4. The molecule has 1 aromatic carbocycles. The van der Waals surface area contributed by atoms with Crippen molar-refractivity contribution in [1.82, 2.24) is 14.3 Å². The van der Waals surface area contributed by atoms with Gasteiger partial charge in [0.25, 0.3) is 5.91 Å². The average molecular weight is 497 g/mol. The van der Waals surface area contributed by atoms with Gasteiger partial charge >= 0.3 is 0 Å². The summed E-state index contributed by atoms with van der Waals surface area (Å²) in [6.45, 7) is 6.47. The van der Waals surface area contributed by atoms with Crippen LogP contribution in [0.1, 0.15) is 38.9 Å². The molecule has 0 spiro atoms. The first-order valence-electron chi connectivity index (χ1n) is 11.2. The van der Waals surface area contributed by atoms with Crippen LogP contribution in [0.15, 0.2) is 23.1 Å². The number of ether oxygens (including phenoxy) is 1. The predicted octanol–water partition coefficient (Wildman–Crippen LogP) is 2.93. The Morgan fingerprint density at radius 3 is 2.58 bits per heavy atom. The van der Waals surface area contributed by atoms with E-state index < -0.39 is 21.8 Å². The number of amides is 1. The normalized spacial score (nSPS) is 20.2. The zero-order valence-corrected chi connectivity index (χ0v) is 20.7. The molecule has 0 saturated carbocycles. The zero-order chi connectivity index (χ0) is 23.8. The van der Waals surface area contributed by atoms with Gasteiger partial charge in [-0.15, -0.1) is 0 Å². The van der Waals surface area contributed by atoms with Gasteiger partial charge in [-0.25, -0.2) is 17.8 Å². The number of aromatic nitrogens is 2. The molecule has 0 bridgehead atoms. The van der Waals surface area contributed by atoms with Crippen LogP contribution in [0.2, 0.25) is 0 Å². The van der Waals surface area contributed by atoms with Gasteiger partial charge in [-0.05, 0) is 37.0 Å². The quantitative estimate of drug-likeness (QED) is 0.582. The Morgan fingerprint density at radius 2 is 1.94 bits per heavy atom. The van der Waals surface area contributed by atoms with Gasteiger partial charge in [0.2, 0.25) is 5.13 Å². The fraction of sp³-hybridized carbons (Fsp3) is 0.591. The zero-order valence-electron chi connectivity index (χ0n) is 19.0. The lowest BCUT2D eigenvalue weighted by molar-refractivity contribution is -0.135. The van der Waals surface area contributed by atoms with Gasteiger partial charge in [0.05, 0.1) is 4.90 Å². The molecule has 11 heteroatoms. The molecule has 0 radical (unpaired) electrons. The third-order valence-corrected chi connectivity index (χ3v) is 7.94. The predicted molar refractivity (Wildman–Crippen MR) is 124 cm³/mol. The number of hydrogen-bond donors (Lipinski definition) is 0. The molecule has 33 heavy (non-hydrogen) atoms. The lowest BCUT2D eigenvalue weighted by Crippen LogP contribution is -2.47. The van der Waals surface area contributed by atoms with Crippen molar-refractivity contribution >= 4 is 32.4 Å². The number of carbonyl (C=O) groups is 1. The minimum absolute atomic E-state index is 0.106. The van der Waals surface area contributed by atoms with E-state index in [0.717, 1.165) is 55.6 Å². The molecule has 1 atom stereocenters. The van der Waals surface area contributed by atoms with Crippen LogP contribution in [0, 0.1) is 11.7 Å². The molecule has 180 valence electrons. The third kappa shape index (κ3) is 5.46. The van der Waals surface area contributed by atoms with Gasteiger partial charge in [0.15, 0.2) is 27.5 Å². The summed E-state index contributed by atoms with van der Waals surface area (Å²) in [5, 5.41) is 0.936. The molecule has 2 fully saturated rings. The highest BCUT2D eigenvalue weighted by atomic mass is 32.2. The Labute approximate surface area is 197 Å². The summed E-state index contributed by atoms with van der Waals surface area (Å²) >= 11 is 1.43. The van der Waals surface area contributed by atoms with Gasteiger partial charge in [-0.2, -0.15) is 4.37 Å². The van der Waals surface area contributed by atoms with Gasteiger partial charge in [-0.3, -0.25) is 4.79 Å². The number of hydrogen-bond acceptors (Lipinski definition) is 8. The Hall–Kier alpha value is -2.27. The van der Waals surface area contributed by atoms with Gasteiger partial charge in [0.1, 0.15) is 5.82 Å².